The summed E-state index contributed by atoms with van der Waals surface area (Å²) in [5.41, 5.74) is 11.0. The summed E-state index contributed by atoms with van der Waals surface area (Å²) in [5.74, 6) is -0.448. The second kappa shape index (κ2) is 14.7. The van der Waals surface area contributed by atoms with Crippen LogP contribution in [-0.2, 0) is 21.9 Å². The van der Waals surface area contributed by atoms with Crippen LogP contribution in [0.25, 0.3) is 11.2 Å². The molecule has 16 heteroatoms. The van der Waals surface area contributed by atoms with E-state index in [1.54, 1.807) is 13.8 Å². The second-order valence-electron chi connectivity index (χ2n) is 6.29. The van der Waals surface area contributed by atoms with Crippen molar-refractivity contribution in [3.63, 3.8) is 0 Å². The fourth-order valence-electron chi connectivity index (χ4n) is 2.62. The Bertz CT molecular complexity index is 908. The maximum atomic E-state index is 13.3. The highest BCUT2D eigenvalue weighted by molar-refractivity contribution is 14.2. The summed E-state index contributed by atoms with van der Waals surface area (Å²) < 4.78 is 40.4. The largest absolute Gasteiger partial charge is 0.465 e. The number of esters is 1. The Morgan fingerprint density at radius 1 is 1.48 bits per heavy atom. The topological polar surface area (TPSA) is 198 Å². The molecular weight excluding hydrogens is 577 g/mol. The van der Waals surface area contributed by atoms with Crippen molar-refractivity contribution in [3.05, 3.63) is 12.4 Å². The lowest BCUT2D eigenvalue weighted by molar-refractivity contribution is -0.144. The zero-order chi connectivity index (χ0) is 25.1. The van der Waals surface area contributed by atoms with Gasteiger partial charge in [-0.25, -0.2) is 4.98 Å². The van der Waals surface area contributed by atoms with E-state index in [0.717, 1.165) is 0 Å². The molecule has 2 aromatic rings. The Hall–Kier alpha value is -1.49. The summed E-state index contributed by atoms with van der Waals surface area (Å²) in [6, 6.07) is -2.41. The maximum Gasteiger partial charge on any atom is 0.322 e. The van der Waals surface area contributed by atoms with Crippen LogP contribution in [0, 0.1) is 6.08 Å². The molecular formula is C17H29FIN6O7P. The van der Waals surface area contributed by atoms with Gasteiger partial charge in [-0.3, -0.25) is 12.4 Å². The first-order valence-electron chi connectivity index (χ1n) is 9.98. The van der Waals surface area contributed by atoms with E-state index in [9.17, 15) is 22.3 Å². The van der Waals surface area contributed by atoms with Gasteiger partial charge in [-0.1, -0.05) is 13.8 Å². The van der Waals surface area contributed by atoms with E-state index in [1.165, 1.54) is 10.9 Å². The maximum absolute atomic E-state index is 13.3. The second-order valence-corrected chi connectivity index (χ2v) is 10.8. The van der Waals surface area contributed by atoms with Gasteiger partial charge in [0.15, 0.2) is 23.2 Å². The van der Waals surface area contributed by atoms with Crippen LogP contribution in [0.15, 0.2) is 6.33 Å². The predicted octanol–water partition coefficient (Wildman–Crippen LogP) is 1.67. The number of rotatable bonds is 7. The average Bonchev–Trinajstić information content (AvgIpc) is 3.37. The first kappa shape index (κ1) is 29.5. The molecule has 0 aliphatic carbocycles. The van der Waals surface area contributed by atoms with Crippen LogP contribution in [0.3, 0.4) is 0 Å². The van der Waals surface area contributed by atoms with E-state index >= 15 is 0 Å². The van der Waals surface area contributed by atoms with Crippen molar-refractivity contribution in [3.8, 4) is 0 Å². The number of nitrogen functional groups attached to an aromatic ring is 1. The van der Waals surface area contributed by atoms with Crippen molar-refractivity contribution < 1.29 is 36.3 Å². The van der Waals surface area contributed by atoms with Crippen LogP contribution in [0.5, 0.6) is 0 Å². The molecule has 0 amide bonds. The van der Waals surface area contributed by atoms with Crippen molar-refractivity contribution >= 4 is 49.6 Å². The molecule has 3 heterocycles. The fourth-order valence-corrected chi connectivity index (χ4v) is 3.78. The Labute approximate surface area is 200 Å². The summed E-state index contributed by atoms with van der Waals surface area (Å²) in [5, 5.41) is 10.1. The van der Waals surface area contributed by atoms with Gasteiger partial charge >= 0.3 is 12.0 Å². The molecule has 1 aliphatic heterocycles. The molecule has 2 aromatic heterocycles. The molecule has 1 fully saturated rings. The number of nitrogens with zero attached hydrogens (tertiary/aromatic N) is 4. The number of carbonyl (C=O) groups excluding carboxylic acids is 1. The average molecular weight is 606 g/mol. The predicted molar refractivity (Wildman–Crippen MR) is 126 cm³/mol. The third kappa shape index (κ3) is 8.66. The molecule has 5 atom stereocenters. The Morgan fingerprint density at radius 2 is 2.15 bits per heavy atom. The van der Waals surface area contributed by atoms with Crippen LogP contribution in [0.4, 0.5) is 10.2 Å². The zero-order valence-electron chi connectivity index (χ0n) is 18.6. The standard InChI is InChI=1S/C10H12FIN5O5P.C5H11NO2.C2H6/c11-10-15-7(13)6-8(16-10)17(3-14-6)9-5(18)1-4(22-9)2-21-23(20)12-19;1-3-8-5(7)4(2)6;1-2/h3-5,9,18,20H,1-2H2,(H2,13,15,16);4H,3,6H2,1-2H3;1-2H3/t;4-;/m.0./s1. The molecule has 6 N–H and O–H groups in total. The number of halogens is 2. The molecule has 188 valence electrons. The molecule has 0 spiro atoms. The quantitative estimate of drug-likeness (QED) is 0.154. The fraction of sp³-hybridized carbons (Fsp3) is 0.647. The van der Waals surface area contributed by atoms with Crippen LogP contribution >= 0.6 is 26.7 Å². The number of aromatic nitrogens is 4. The number of imidazole rings is 1. The van der Waals surface area contributed by atoms with Crippen LogP contribution in [0.2, 0.25) is 0 Å². The molecule has 3 rings (SSSR count). The third-order valence-corrected chi connectivity index (χ3v) is 6.27. The van der Waals surface area contributed by atoms with Gasteiger partial charge in [0.2, 0.25) is 20.6 Å². The number of carbonyl (C=O) groups is 1. The lowest BCUT2D eigenvalue weighted by Gasteiger charge is -2.17. The highest BCUT2D eigenvalue weighted by atomic mass is 127. The minimum Gasteiger partial charge on any atom is -0.465 e. The lowest BCUT2D eigenvalue weighted by Crippen LogP contribution is -2.28. The van der Waals surface area contributed by atoms with Gasteiger partial charge in [0, 0.05) is 6.42 Å². The van der Waals surface area contributed by atoms with E-state index in [-0.39, 0.29) is 36.0 Å². The Morgan fingerprint density at radius 3 is 2.70 bits per heavy atom. The molecule has 13 nitrogen and oxygen atoms in total. The molecule has 0 radical (unpaired) electrons. The summed E-state index contributed by atoms with van der Waals surface area (Å²) >= 11 is -1.63. The van der Waals surface area contributed by atoms with Crippen LogP contribution in [0.1, 0.15) is 40.3 Å². The van der Waals surface area contributed by atoms with Crippen molar-refractivity contribution in [2.24, 2.45) is 5.73 Å². The van der Waals surface area contributed by atoms with E-state index in [0.29, 0.717) is 6.61 Å². The Kier molecular flexibility index (Phi) is 13.2. The first-order chi connectivity index (χ1) is 15.7. The number of ether oxygens (including phenoxy) is 2. The number of anilines is 1. The van der Waals surface area contributed by atoms with E-state index < -0.39 is 57.2 Å². The van der Waals surface area contributed by atoms with Gasteiger partial charge in [0.05, 0.1) is 25.6 Å². The van der Waals surface area contributed by atoms with Crippen molar-refractivity contribution in [2.45, 2.75) is 58.6 Å². The number of nitrogens with two attached hydrogens (primary N) is 2. The molecule has 0 saturated carbocycles. The smallest absolute Gasteiger partial charge is 0.322 e. The molecule has 1 saturated heterocycles. The van der Waals surface area contributed by atoms with Gasteiger partial charge in [-0.2, -0.15) is 14.4 Å². The summed E-state index contributed by atoms with van der Waals surface area (Å²) in [6.45, 7) is 7.74. The number of hydrogen-bond acceptors (Lipinski definition) is 12. The summed E-state index contributed by atoms with van der Waals surface area (Å²) in [6.07, 6.45) is -1.72. The number of hydrogen-bond donors (Lipinski definition) is 4. The Balaban J connectivity index is 0.000000464. The van der Waals surface area contributed by atoms with Gasteiger partial charge in [-0.05, 0) is 13.8 Å². The summed E-state index contributed by atoms with van der Waals surface area (Å²) in [7, 11) is 0. The number of aliphatic hydroxyl groups is 1. The van der Waals surface area contributed by atoms with E-state index in [1.807, 2.05) is 13.8 Å². The van der Waals surface area contributed by atoms with Gasteiger partial charge < -0.3 is 35.5 Å². The molecule has 1 aliphatic rings. The third-order valence-electron chi connectivity index (χ3n) is 3.95. The SMILES string of the molecule is CC.CCOC(=O)[C@H](C)N.Nc1nc(F)nc2c1ncn2C1OC(COP(O)I=O)CC1O. The minimum absolute atomic E-state index is 0.00413. The van der Waals surface area contributed by atoms with Crippen molar-refractivity contribution in [2.75, 3.05) is 18.9 Å². The van der Waals surface area contributed by atoms with Crippen LogP contribution in [-0.4, -0.2) is 67.0 Å². The minimum atomic E-state index is -1.92. The summed E-state index contributed by atoms with van der Waals surface area (Å²) in [4.78, 5) is 30.6. The number of aliphatic hydroxyl groups excluding tert-OH is 1. The van der Waals surface area contributed by atoms with Gasteiger partial charge in [0.25, 0.3) is 6.02 Å². The molecule has 4 unspecified atom stereocenters. The van der Waals surface area contributed by atoms with Crippen molar-refractivity contribution in [1.82, 2.24) is 19.5 Å². The lowest BCUT2D eigenvalue weighted by atomic mass is 10.2. The van der Waals surface area contributed by atoms with E-state index in [2.05, 4.69) is 19.7 Å². The normalized spacial score (nSPS) is 21.4. The highest BCUT2D eigenvalue weighted by Gasteiger charge is 2.37. The monoisotopic (exact) mass is 606 g/mol. The molecule has 0 bridgehead atoms. The van der Waals surface area contributed by atoms with Gasteiger partial charge in [0.1, 0.15) is 12.1 Å². The van der Waals surface area contributed by atoms with E-state index in [4.69, 9.17) is 20.7 Å². The zero-order valence-corrected chi connectivity index (χ0v) is 21.6. The van der Waals surface area contributed by atoms with Crippen molar-refractivity contribution in [1.29, 1.82) is 0 Å². The molecule has 0 aromatic carbocycles. The van der Waals surface area contributed by atoms with Gasteiger partial charge in [-0.15, -0.1) is 0 Å². The molecule has 33 heavy (non-hydrogen) atoms. The first-order valence-corrected chi connectivity index (χ1v) is 14.9. The van der Waals surface area contributed by atoms with Crippen LogP contribution < -0.4 is 11.5 Å². The highest BCUT2D eigenvalue weighted by Crippen LogP contribution is 2.46. The number of fused-ring (bicyclic) bond motifs is 1.